The summed E-state index contributed by atoms with van der Waals surface area (Å²) in [5.41, 5.74) is 6.93. The molecule has 0 unspecified atom stereocenters. The van der Waals surface area contributed by atoms with Crippen LogP contribution in [0.2, 0.25) is 10.0 Å². The van der Waals surface area contributed by atoms with Gasteiger partial charge in [-0.2, -0.15) is 0 Å². The van der Waals surface area contributed by atoms with Crippen LogP contribution in [0.15, 0.2) is 82.6 Å². The minimum atomic E-state index is -4.08. The number of hydrogen-bond acceptors (Lipinski definition) is 11. The first kappa shape index (κ1) is 49.1. The van der Waals surface area contributed by atoms with Crippen molar-refractivity contribution in [3.63, 3.8) is 0 Å². The van der Waals surface area contributed by atoms with E-state index in [-0.39, 0.29) is 83.1 Å². The molecule has 0 fully saturated rings. The molecule has 0 atom stereocenters. The smallest absolute Gasteiger partial charge is 0.376 e. The van der Waals surface area contributed by atoms with Gasteiger partial charge in [0.05, 0.1) is 37.8 Å². The molecule has 22 heteroatoms. The number of carbonyl (C=O) groups excluding carboxylic acids is 2. The van der Waals surface area contributed by atoms with Crippen LogP contribution in [0.1, 0.15) is 80.8 Å². The van der Waals surface area contributed by atoms with Gasteiger partial charge in [-0.05, 0) is 65.3 Å². The number of ether oxygens (including phenoxy) is 1. The quantitative estimate of drug-likeness (QED) is 0.105. The van der Waals surface area contributed by atoms with E-state index in [0.29, 0.717) is 0 Å². The molecule has 0 saturated carbocycles. The molecule has 64 heavy (non-hydrogen) atoms. The molecular formula is C42H45Cl2F2N9O7S2. The molecule has 340 valence electrons. The summed E-state index contributed by atoms with van der Waals surface area (Å²) in [7, 11) is -5.17. The Kier molecular flexibility index (Phi) is 14.3. The van der Waals surface area contributed by atoms with E-state index in [9.17, 15) is 35.2 Å². The largest absolute Gasteiger partial charge is 0.460 e. The topological polar surface area (TPSA) is 223 Å². The molecule has 0 saturated heterocycles. The fourth-order valence-electron chi connectivity index (χ4n) is 6.02. The third-order valence-electron chi connectivity index (χ3n) is 9.58. The van der Waals surface area contributed by atoms with Crippen LogP contribution in [-0.4, -0.2) is 64.8 Å². The van der Waals surface area contributed by atoms with Gasteiger partial charge in [-0.3, -0.25) is 14.2 Å². The van der Waals surface area contributed by atoms with Crippen molar-refractivity contribution in [1.82, 2.24) is 29.5 Å². The van der Waals surface area contributed by atoms with E-state index < -0.39 is 43.6 Å². The Morgan fingerprint density at radius 3 is 1.34 bits per heavy atom. The van der Waals surface area contributed by atoms with Crippen molar-refractivity contribution in [3.8, 4) is 22.8 Å². The molecule has 0 bridgehead atoms. The first-order valence-corrected chi connectivity index (χ1v) is 22.9. The predicted octanol–water partition coefficient (Wildman–Crippen LogP) is 8.02. The second kappa shape index (κ2) is 18.6. The van der Waals surface area contributed by atoms with E-state index in [1.54, 1.807) is 31.2 Å². The second-order valence-corrected chi connectivity index (χ2v) is 20.5. The summed E-state index contributed by atoms with van der Waals surface area (Å²) < 4.78 is 92.8. The number of primary amides is 1. The van der Waals surface area contributed by atoms with Gasteiger partial charge in [0.15, 0.2) is 11.6 Å². The van der Waals surface area contributed by atoms with Gasteiger partial charge in [0.1, 0.15) is 11.6 Å². The monoisotopic (exact) mass is 959 g/mol. The summed E-state index contributed by atoms with van der Waals surface area (Å²) >= 11 is 11.9. The zero-order chi connectivity index (χ0) is 47.7. The molecule has 0 aliphatic rings. The predicted molar refractivity (Wildman–Crippen MR) is 239 cm³/mol. The fraction of sp³-hybridized carbons (Fsp3) is 0.286. The number of amides is 1. The molecule has 6 aromatic rings. The van der Waals surface area contributed by atoms with Crippen molar-refractivity contribution in [3.05, 3.63) is 117 Å². The maximum atomic E-state index is 14.3. The Labute approximate surface area is 379 Å². The molecule has 16 nitrogen and oxygen atoms in total. The SMILES string of the molecule is CCOC(=O)c1nnc(-c2cc(Cl)c(F)cc2NS(=O)(=O)c2ccc(C(C)(C)C)cc2)n1C.Cn1c(C(N)=O)nnc1-c1cc(Cl)c(F)cc1NS(=O)(=O)c1ccc(C(C)(C)C)cc1. The Hall–Kier alpha value is -5.96. The number of nitrogens with one attached hydrogen (secondary N) is 2. The maximum absolute atomic E-state index is 14.3. The number of esters is 1. The molecule has 1 amide bonds. The Balaban J connectivity index is 0.000000241. The van der Waals surface area contributed by atoms with Crippen molar-refractivity contribution < 1.29 is 39.9 Å². The van der Waals surface area contributed by atoms with Crippen LogP contribution < -0.4 is 15.2 Å². The minimum Gasteiger partial charge on any atom is -0.460 e. The molecule has 2 aromatic heterocycles. The summed E-state index contributed by atoms with van der Waals surface area (Å²) in [5.74, 6) is -3.25. The van der Waals surface area contributed by atoms with E-state index in [2.05, 4.69) is 29.8 Å². The van der Waals surface area contributed by atoms with Crippen LogP contribution in [-0.2, 0) is 49.7 Å². The normalized spacial score (nSPS) is 12.0. The summed E-state index contributed by atoms with van der Waals surface area (Å²) in [6.45, 7) is 13.9. The van der Waals surface area contributed by atoms with Crippen LogP contribution in [0.5, 0.6) is 0 Å². The lowest BCUT2D eigenvalue weighted by molar-refractivity contribution is 0.0507. The van der Waals surface area contributed by atoms with Crippen LogP contribution in [0, 0.1) is 11.6 Å². The third kappa shape index (κ3) is 10.9. The first-order valence-electron chi connectivity index (χ1n) is 19.2. The summed E-state index contributed by atoms with van der Waals surface area (Å²) in [4.78, 5) is 23.6. The van der Waals surface area contributed by atoms with Crippen molar-refractivity contribution in [1.29, 1.82) is 0 Å². The van der Waals surface area contributed by atoms with E-state index in [4.69, 9.17) is 33.7 Å². The van der Waals surface area contributed by atoms with Gasteiger partial charge in [-0.15, -0.1) is 20.4 Å². The standard InChI is InChI=1S/C22H24ClFN4O4S.C20H21ClFN5O3S/c1-6-32-21(29)20-26-25-19(28(20)5)15-11-16(23)17(24)12-18(15)27-33(30,31)14-9-7-13(8-10-14)22(2,3)4;1-20(2,3)11-5-7-12(8-6-11)31(29,30)26-16-10-15(22)14(21)9-13(16)18-24-25-19(17(23)28)27(18)4/h7-12,27H,6H2,1-5H3;5-10,26H,1-4H3,(H2,23,28). The molecule has 2 heterocycles. The highest BCUT2D eigenvalue weighted by Crippen LogP contribution is 2.36. The van der Waals surface area contributed by atoms with E-state index in [1.165, 1.54) is 59.6 Å². The van der Waals surface area contributed by atoms with Crippen LogP contribution in [0.4, 0.5) is 20.2 Å². The molecule has 4 N–H and O–H groups in total. The number of nitrogens with zero attached hydrogens (tertiary/aromatic N) is 6. The maximum Gasteiger partial charge on any atom is 0.376 e. The summed E-state index contributed by atoms with van der Waals surface area (Å²) in [6.07, 6.45) is 0. The van der Waals surface area contributed by atoms with Crippen molar-refractivity contribution in [2.24, 2.45) is 19.8 Å². The van der Waals surface area contributed by atoms with E-state index in [0.717, 1.165) is 23.3 Å². The first-order chi connectivity index (χ1) is 29.7. The average molecular weight is 961 g/mol. The molecular weight excluding hydrogens is 916 g/mol. The lowest BCUT2D eigenvalue weighted by Crippen LogP contribution is -2.17. The lowest BCUT2D eigenvalue weighted by Gasteiger charge is -2.19. The molecule has 0 spiro atoms. The van der Waals surface area contributed by atoms with Gasteiger partial charge in [-0.1, -0.05) is 89.0 Å². The van der Waals surface area contributed by atoms with Crippen molar-refractivity contribution in [2.45, 2.75) is 69.1 Å². The van der Waals surface area contributed by atoms with Gasteiger partial charge in [0.25, 0.3) is 26.0 Å². The number of halogens is 4. The van der Waals surface area contributed by atoms with Crippen molar-refractivity contribution in [2.75, 3.05) is 16.1 Å². The Morgan fingerprint density at radius 2 is 1.02 bits per heavy atom. The number of carbonyl (C=O) groups is 2. The zero-order valence-electron chi connectivity index (χ0n) is 36.1. The fourth-order valence-corrected chi connectivity index (χ4v) is 8.49. The van der Waals surface area contributed by atoms with Crippen LogP contribution >= 0.6 is 23.2 Å². The molecule has 0 radical (unpaired) electrons. The van der Waals surface area contributed by atoms with E-state index >= 15 is 0 Å². The van der Waals surface area contributed by atoms with Gasteiger partial charge < -0.3 is 19.6 Å². The summed E-state index contributed by atoms with van der Waals surface area (Å²) in [5, 5.41) is 14.8. The highest BCUT2D eigenvalue weighted by molar-refractivity contribution is 7.93. The number of benzene rings is 4. The van der Waals surface area contributed by atoms with E-state index in [1.807, 2.05) is 41.5 Å². The molecule has 4 aromatic carbocycles. The minimum absolute atomic E-state index is 0.00184. The number of anilines is 2. The van der Waals surface area contributed by atoms with Gasteiger partial charge >= 0.3 is 5.97 Å². The number of nitrogens with two attached hydrogens (primary N) is 1. The van der Waals surface area contributed by atoms with Gasteiger partial charge in [-0.25, -0.2) is 30.4 Å². The number of aromatic nitrogens is 6. The zero-order valence-corrected chi connectivity index (χ0v) is 39.2. The van der Waals surface area contributed by atoms with Gasteiger partial charge in [0, 0.05) is 37.4 Å². The number of hydrogen-bond donors (Lipinski definition) is 3. The van der Waals surface area contributed by atoms with Crippen LogP contribution in [0.3, 0.4) is 0 Å². The highest BCUT2D eigenvalue weighted by atomic mass is 35.5. The van der Waals surface area contributed by atoms with Crippen LogP contribution in [0.25, 0.3) is 22.8 Å². The third-order valence-corrected chi connectivity index (χ3v) is 12.9. The van der Waals surface area contributed by atoms with Gasteiger partial charge in [0.2, 0.25) is 11.6 Å². The second-order valence-electron chi connectivity index (χ2n) is 16.3. The lowest BCUT2D eigenvalue weighted by atomic mass is 9.87. The molecule has 0 aliphatic carbocycles. The Morgan fingerprint density at radius 1 is 0.656 bits per heavy atom. The summed E-state index contributed by atoms with van der Waals surface area (Å²) in [6, 6.07) is 17.1. The molecule has 6 rings (SSSR count). The highest BCUT2D eigenvalue weighted by Gasteiger charge is 2.26. The average Bonchev–Trinajstić information content (AvgIpc) is 3.79. The Bertz CT molecular complexity index is 2970. The number of rotatable bonds is 11. The molecule has 0 aliphatic heterocycles. The number of sulfonamides is 2. The van der Waals surface area contributed by atoms with Crippen molar-refractivity contribution >= 4 is 66.5 Å².